The molecule has 31 heavy (non-hydrogen) atoms. The molecule has 4 nitrogen and oxygen atoms in total. The highest BCUT2D eigenvalue weighted by Crippen LogP contribution is 2.65. The van der Waals surface area contributed by atoms with Crippen LogP contribution in [-0.2, 0) is 12.8 Å². The molecule has 2 N–H and O–H groups in total. The number of thiophene rings is 1. The molecule has 0 unspecified atom stereocenters. The van der Waals surface area contributed by atoms with E-state index in [0.717, 1.165) is 45.6 Å². The van der Waals surface area contributed by atoms with Crippen molar-refractivity contribution < 1.29 is 26.3 Å². The highest BCUT2D eigenvalue weighted by atomic mass is 32.1. The number of alkyl halides is 6. The minimum Gasteiger partial charge on any atom is -0.384 e. The van der Waals surface area contributed by atoms with Gasteiger partial charge in [-0.3, -0.25) is 4.90 Å². The molecule has 3 aliphatic rings. The second-order valence-electron chi connectivity index (χ2n) is 7.73. The van der Waals surface area contributed by atoms with E-state index in [4.69, 9.17) is 5.73 Å². The van der Waals surface area contributed by atoms with Crippen LogP contribution in [0.4, 0.5) is 31.3 Å². The summed E-state index contributed by atoms with van der Waals surface area (Å²) in [6.45, 7) is 0. The number of nitrogens with zero attached hydrogens (tertiary/aromatic N) is 3. The van der Waals surface area contributed by atoms with Crippen LogP contribution in [0.2, 0.25) is 0 Å². The van der Waals surface area contributed by atoms with Crippen molar-refractivity contribution in [1.29, 1.82) is 10.5 Å². The molecule has 0 bridgehead atoms. The summed E-state index contributed by atoms with van der Waals surface area (Å²) in [6.07, 6.45) is -9.05. The van der Waals surface area contributed by atoms with Crippen molar-refractivity contribution in [2.24, 2.45) is 11.1 Å². The summed E-state index contributed by atoms with van der Waals surface area (Å²) in [5.41, 5.74) is -0.223. The Balaban J connectivity index is 2.05. The summed E-state index contributed by atoms with van der Waals surface area (Å²) < 4.78 is 84.8. The predicted molar refractivity (Wildman–Crippen MR) is 100 cm³/mol. The number of allylic oxidation sites excluding steroid dienone is 3. The molecule has 0 spiro atoms. The molecule has 0 fully saturated rings. The number of hydrogen-bond donors (Lipinski definition) is 1. The van der Waals surface area contributed by atoms with Crippen LogP contribution in [0.1, 0.15) is 48.1 Å². The lowest BCUT2D eigenvalue weighted by Crippen LogP contribution is -2.56. The Labute approximate surface area is 177 Å². The molecule has 2 heterocycles. The van der Waals surface area contributed by atoms with Gasteiger partial charge < -0.3 is 5.73 Å². The molecule has 0 aromatic carbocycles. The molecule has 1 aromatic heterocycles. The summed E-state index contributed by atoms with van der Waals surface area (Å²) >= 11 is 1.16. The summed E-state index contributed by atoms with van der Waals surface area (Å²) in [7, 11) is 0. The van der Waals surface area contributed by atoms with Gasteiger partial charge in [0.1, 0.15) is 23.0 Å². The first kappa shape index (κ1) is 21.6. The lowest BCUT2D eigenvalue weighted by atomic mass is 9.69. The minimum atomic E-state index is -5.80. The summed E-state index contributed by atoms with van der Waals surface area (Å²) in [6, 6.07) is 3.19. The maximum atomic E-state index is 14.1. The molecule has 164 valence electrons. The predicted octanol–water partition coefficient (Wildman–Crippen LogP) is 5.56. The number of rotatable bonds is 1. The molecule has 1 aliphatic heterocycles. The largest absolute Gasteiger partial charge is 0.411 e. The van der Waals surface area contributed by atoms with E-state index in [1.165, 1.54) is 0 Å². The quantitative estimate of drug-likeness (QED) is 0.559. The number of nitriles is 2. The van der Waals surface area contributed by atoms with Gasteiger partial charge in [-0.15, -0.1) is 11.3 Å². The molecule has 0 amide bonds. The van der Waals surface area contributed by atoms with Gasteiger partial charge in [0.2, 0.25) is 5.41 Å². The summed E-state index contributed by atoms with van der Waals surface area (Å²) in [5, 5.41) is 19.4. The number of nitrogens with two attached hydrogens (primary N) is 1. The van der Waals surface area contributed by atoms with Gasteiger partial charge in [-0.1, -0.05) is 0 Å². The zero-order valence-corrected chi connectivity index (χ0v) is 16.9. The first-order valence-electron chi connectivity index (χ1n) is 9.61. The fourth-order valence-corrected chi connectivity index (χ4v) is 6.34. The molecular formula is C20H16F6N4S. The normalized spacial score (nSPS) is 21.0. The van der Waals surface area contributed by atoms with E-state index in [0.29, 0.717) is 12.8 Å². The second-order valence-corrected chi connectivity index (χ2v) is 8.82. The van der Waals surface area contributed by atoms with Gasteiger partial charge in [0, 0.05) is 10.6 Å². The molecule has 0 radical (unpaired) electrons. The molecule has 0 saturated heterocycles. The van der Waals surface area contributed by atoms with Crippen molar-refractivity contribution in [2.75, 3.05) is 4.90 Å². The van der Waals surface area contributed by atoms with E-state index in [-0.39, 0.29) is 29.1 Å². The fraction of sp³-hybridized carbons (Fsp3) is 0.500. The topological polar surface area (TPSA) is 76.8 Å². The zero-order valence-electron chi connectivity index (χ0n) is 16.0. The fourth-order valence-electron chi connectivity index (χ4n) is 4.96. The Morgan fingerprint density at radius 1 is 0.903 bits per heavy atom. The van der Waals surface area contributed by atoms with Crippen molar-refractivity contribution >= 4 is 16.3 Å². The van der Waals surface area contributed by atoms with Gasteiger partial charge in [-0.05, 0) is 56.1 Å². The third kappa shape index (κ3) is 2.72. The number of hydrogen-bond acceptors (Lipinski definition) is 5. The van der Waals surface area contributed by atoms with Crippen LogP contribution in [-0.4, -0.2) is 12.4 Å². The van der Waals surface area contributed by atoms with E-state index in [2.05, 4.69) is 6.07 Å². The highest BCUT2D eigenvalue weighted by molar-refractivity contribution is 7.16. The molecular weight excluding hydrogens is 442 g/mol. The van der Waals surface area contributed by atoms with Crippen molar-refractivity contribution in [1.82, 2.24) is 0 Å². The first-order chi connectivity index (χ1) is 14.5. The summed E-state index contributed by atoms with van der Waals surface area (Å²) in [5.74, 6) is -0.909. The van der Waals surface area contributed by atoms with Crippen LogP contribution in [0.5, 0.6) is 0 Å². The van der Waals surface area contributed by atoms with E-state index >= 15 is 0 Å². The van der Waals surface area contributed by atoms with Gasteiger partial charge >= 0.3 is 12.4 Å². The van der Waals surface area contributed by atoms with E-state index in [1.54, 1.807) is 0 Å². The maximum absolute atomic E-state index is 14.1. The number of halogens is 6. The van der Waals surface area contributed by atoms with Crippen molar-refractivity contribution in [3.05, 3.63) is 38.7 Å². The Morgan fingerprint density at radius 3 is 2.13 bits per heavy atom. The van der Waals surface area contributed by atoms with Crippen LogP contribution in [0.25, 0.3) is 0 Å². The number of aryl methyl sites for hydroxylation is 1. The molecule has 0 atom stereocenters. The zero-order chi connectivity index (χ0) is 22.8. The average molecular weight is 458 g/mol. The molecule has 4 rings (SSSR count). The van der Waals surface area contributed by atoms with Gasteiger partial charge in [-0.2, -0.15) is 36.9 Å². The van der Waals surface area contributed by atoms with E-state index in [1.807, 2.05) is 0 Å². The smallest absolute Gasteiger partial charge is 0.384 e. The van der Waals surface area contributed by atoms with Crippen molar-refractivity contribution in [2.45, 2.75) is 57.3 Å². The lowest BCUT2D eigenvalue weighted by Gasteiger charge is -2.44. The highest BCUT2D eigenvalue weighted by Gasteiger charge is 2.77. The van der Waals surface area contributed by atoms with Crippen molar-refractivity contribution in [3.63, 3.8) is 0 Å². The summed E-state index contributed by atoms with van der Waals surface area (Å²) in [4.78, 5) is 1.99. The minimum absolute atomic E-state index is 0.0594. The first-order valence-corrected chi connectivity index (χ1v) is 10.4. The van der Waals surface area contributed by atoms with E-state index < -0.39 is 41.2 Å². The molecule has 0 saturated carbocycles. The van der Waals surface area contributed by atoms with Crippen LogP contribution in [0.15, 0.2) is 22.7 Å². The standard InChI is InChI=1S/C20H16F6N4S/c21-19(22,23)18(20(24,25)26)12-5-3-6-14(12)30(16(29)13(18)9-28)17-11(8-27)10-4-1-2-7-15(10)31-17/h1-7,29H2. The van der Waals surface area contributed by atoms with Gasteiger partial charge in [0.15, 0.2) is 0 Å². The van der Waals surface area contributed by atoms with E-state index in [9.17, 15) is 36.9 Å². The van der Waals surface area contributed by atoms with Crippen LogP contribution >= 0.6 is 11.3 Å². The Morgan fingerprint density at radius 2 is 1.55 bits per heavy atom. The molecule has 2 aliphatic carbocycles. The third-order valence-electron chi connectivity index (χ3n) is 6.21. The Hall–Kier alpha value is -2.66. The van der Waals surface area contributed by atoms with Gasteiger partial charge in [0.25, 0.3) is 0 Å². The monoisotopic (exact) mass is 458 g/mol. The van der Waals surface area contributed by atoms with Crippen molar-refractivity contribution in [3.8, 4) is 12.1 Å². The van der Waals surface area contributed by atoms with Crippen LogP contribution < -0.4 is 10.6 Å². The van der Waals surface area contributed by atoms with Crippen LogP contribution in [0, 0.1) is 28.1 Å². The third-order valence-corrected chi connectivity index (χ3v) is 7.49. The number of anilines is 1. The second kappa shape index (κ2) is 6.92. The Bertz CT molecular complexity index is 1080. The molecule has 1 aromatic rings. The Kier molecular flexibility index (Phi) is 4.82. The lowest BCUT2D eigenvalue weighted by molar-refractivity contribution is -0.310. The molecule has 11 heteroatoms. The number of fused-ring (bicyclic) bond motifs is 1. The average Bonchev–Trinajstić information content (AvgIpc) is 3.29. The SMILES string of the molecule is N#CC1=C(N)N(c2sc3c(c2C#N)CCCC3)C2=C(CCC2)C1(C(F)(F)F)C(F)(F)F. The van der Waals surface area contributed by atoms with Gasteiger partial charge in [-0.25, -0.2) is 0 Å². The van der Waals surface area contributed by atoms with Gasteiger partial charge in [0.05, 0.1) is 11.1 Å². The van der Waals surface area contributed by atoms with Crippen LogP contribution in [0.3, 0.4) is 0 Å². The maximum Gasteiger partial charge on any atom is 0.411 e.